The number of hydrogen-bond acceptors (Lipinski definition) is 2. The molecule has 0 aliphatic rings. The molecule has 0 saturated heterocycles. The van der Waals surface area contributed by atoms with Gasteiger partial charge in [0.2, 0.25) is 0 Å². The lowest BCUT2D eigenvalue weighted by Gasteiger charge is -2.24. The molecule has 0 heterocycles. The van der Waals surface area contributed by atoms with Crippen molar-refractivity contribution in [1.29, 1.82) is 0 Å². The third kappa shape index (κ3) is 7.63. The molecule has 0 spiro atoms. The van der Waals surface area contributed by atoms with E-state index < -0.39 is 0 Å². The highest BCUT2D eigenvalue weighted by molar-refractivity contribution is 5.20. The summed E-state index contributed by atoms with van der Waals surface area (Å²) in [7, 11) is 0. The fourth-order valence-electron chi connectivity index (χ4n) is 2.57. The van der Waals surface area contributed by atoms with Crippen molar-refractivity contribution in [2.24, 2.45) is 5.92 Å². The van der Waals surface area contributed by atoms with E-state index in [1.807, 2.05) is 0 Å². The Hall–Kier alpha value is -0.860. The van der Waals surface area contributed by atoms with Crippen LogP contribution in [0.15, 0.2) is 30.3 Å². The highest BCUT2D eigenvalue weighted by Crippen LogP contribution is 2.26. The number of benzene rings is 1. The molecule has 0 amide bonds. The molecular weight excluding hydrogens is 256 g/mol. The maximum Gasteiger partial charge on any atom is 0.00965 e. The maximum atomic E-state index is 3.65. The van der Waals surface area contributed by atoms with Gasteiger partial charge in [0.25, 0.3) is 0 Å². The van der Waals surface area contributed by atoms with Crippen LogP contribution in [0.2, 0.25) is 0 Å². The molecule has 0 radical (unpaired) electrons. The standard InChI is InChI=1S/C19H34N2/c1-6-16(2)18(17-11-8-7-9-12-17)15-20-13-10-14-21-19(3,4)5/h7-9,11-12,16,18,20-21H,6,10,13-15H2,1-5H3. The van der Waals surface area contributed by atoms with Gasteiger partial charge in [-0.25, -0.2) is 0 Å². The Morgan fingerprint density at radius 3 is 2.29 bits per heavy atom. The first kappa shape index (κ1) is 18.2. The van der Waals surface area contributed by atoms with Crippen LogP contribution in [-0.4, -0.2) is 25.2 Å². The first-order valence-corrected chi connectivity index (χ1v) is 8.44. The van der Waals surface area contributed by atoms with Crippen molar-refractivity contribution in [2.45, 2.75) is 58.9 Å². The second-order valence-corrected chi connectivity index (χ2v) is 7.14. The molecular formula is C19H34N2. The normalized spacial score (nSPS) is 14.9. The van der Waals surface area contributed by atoms with Gasteiger partial charge in [0.05, 0.1) is 0 Å². The second kappa shape index (κ2) is 9.22. The molecule has 0 fully saturated rings. The molecule has 0 bridgehead atoms. The third-order valence-electron chi connectivity index (χ3n) is 4.11. The smallest absolute Gasteiger partial charge is 0.00965 e. The Bertz CT molecular complexity index is 367. The van der Waals surface area contributed by atoms with Crippen molar-refractivity contribution in [3.05, 3.63) is 35.9 Å². The molecule has 2 atom stereocenters. The van der Waals surface area contributed by atoms with E-state index in [0.717, 1.165) is 19.6 Å². The summed E-state index contributed by atoms with van der Waals surface area (Å²) in [6.45, 7) is 14.5. The fourth-order valence-corrected chi connectivity index (χ4v) is 2.57. The molecule has 0 aliphatic heterocycles. The quantitative estimate of drug-likeness (QED) is 0.667. The molecule has 2 heteroatoms. The predicted molar refractivity (Wildman–Crippen MR) is 93.9 cm³/mol. The van der Waals surface area contributed by atoms with Crippen molar-refractivity contribution < 1.29 is 0 Å². The molecule has 0 aromatic heterocycles. The van der Waals surface area contributed by atoms with Gasteiger partial charge in [-0.15, -0.1) is 0 Å². The minimum absolute atomic E-state index is 0.225. The lowest BCUT2D eigenvalue weighted by Crippen LogP contribution is -2.37. The highest BCUT2D eigenvalue weighted by Gasteiger charge is 2.17. The molecule has 120 valence electrons. The third-order valence-corrected chi connectivity index (χ3v) is 4.11. The van der Waals surface area contributed by atoms with Crippen LogP contribution in [0, 0.1) is 5.92 Å². The van der Waals surface area contributed by atoms with Gasteiger partial charge in [-0.1, -0.05) is 50.6 Å². The molecule has 2 N–H and O–H groups in total. The average Bonchev–Trinajstić information content (AvgIpc) is 2.45. The summed E-state index contributed by atoms with van der Waals surface area (Å²) >= 11 is 0. The zero-order valence-electron chi connectivity index (χ0n) is 14.6. The van der Waals surface area contributed by atoms with Crippen LogP contribution in [0.25, 0.3) is 0 Å². The van der Waals surface area contributed by atoms with E-state index in [2.05, 4.69) is 75.6 Å². The Morgan fingerprint density at radius 2 is 1.71 bits per heavy atom. The Morgan fingerprint density at radius 1 is 1.05 bits per heavy atom. The summed E-state index contributed by atoms with van der Waals surface area (Å²) in [4.78, 5) is 0. The largest absolute Gasteiger partial charge is 0.316 e. The Kier molecular flexibility index (Phi) is 7.98. The number of hydrogen-bond donors (Lipinski definition) is 2. The fraction of sp³-hybridized carbons (Fsp3) is 0.684. The minimum Gasteiger partial charge on any atom is -0.316 e. The summed E-state index contributed by atoms with van der Waals surface area (Å²) in [5.74, 6) is 1.33. The predicted octanol–water partition coefficient (Wildman–Crippen LogP) is 4.18. The summed E-state index contributed by atoms with van der Waals surface area (Å²) < 4.78 is 0. The van der Waals surface area contributed by atoms with Crippen LogP contribution >= 0.6 is 0 Å². The van der Waals surface area contributed by atoms with Gasteiger partial charge in [-0.05, 0) is 57.7 Å². The SMILES string of the molecule is CCC(C)C(CNCCCNC(C)(C)C)c1ccccc1. The van der Waals surface area contributed by atoms with Crippen LogP contribution in [0.4, 0.5) is 0 Å². The van der Waals surface area contributed by atoms with E-state index >= 15 is 0 Å². The van der Waals surface area contributed by atoms with E-state index in [4.69, 9.17) is 0 Å². The monoisotopic (exact) mass is 290 g/mol. The van der Waals surface area contributed by atoms with Crippen LogP contribution in [-0.2, 0) is 0 Å². The van der Waals surface area contributed by atoms with Gasteiger partial charge in [-0.2, -0.15) is 0 Å². The van der Waals surface area contributed by atoms with Crippen molar-refractivity contribution >= 4 is 0 Å². The molecule has 1 aromatic rings. The molecule has 2 unspecified atom stereocenters. The zero-order valence-corrected chi connectivity index (χ0v) is 14.6. The van der Waals surface area contributed by atoms with E-state index in [9.17, 15) is 0 Å². The van der Waals surface area contributed by atoms with Crippen molar-refractivity contribution in [3.8, 4) is 0 Å². The number of rotatable bonds is 9. The minimum atomic E-state index is 0.225. The Labute approximate surface area is 131 Å². The van der Waals surface area contributed by atoms with Crippen molar-refractivity contribution in [2.75, 3.05) is 19.6 Å². The van der Waals surface area contributed by atoms with Crippen molar-refractivity contribution in [3.63, 3.8) is 0 Å². The highest BCUT2D eigenvalue weighted by atomic mass is 14.9. The molecule has 2 nitrogen and oxygen atoms in total. The summed E-state index contributed by atoms with van der Waals surface area (Å²) in [5, 5.41) is 7.18. The summed E-state index contributed by atoms with van der Waals surface area (Å²) in [5.41, 5.74) is 1.69. The van der Waals surface area contributed by atoms with Crippen LogP contribution in [0.1, 0.15) is 58.9 Å². The lowest BCUT2D eigenvalue weighted by molar-refractivity contribution is 0.401. The van der Waals surface area contributed by atoms with Gasteiger partial charge in [0.1, 0.15) is 0 Å². The summed E-state index contributed by atoms with van der Waals surface area (Å²) in [6, 6.07) is 10.9. The van der Waals surface area contributed by atoms with Gasteiger partial charge in [-0.3, -0.25) is 0 Å². The summed E-state index contributed by atoms with van der Waals surface area (Å²) in [6.07, 6.45) is 2.41. The van der Waals surface area contributed by atoms with E-state index in [-0.39, 0.29) is 5.54 Å². The number of nitrogens with one attached hydrogen (secondary N) is 2. The molecule has 1 rings (SSSR count). The molecule has 21 heavy (non-hydrogen) atoms. The topological polar surface area (TPSA) is 24.1 Å². The molecule has 0 saturated carbocycles. The van der Waals surface area contributed by atoms with Gasteiger partial charge < -0.3 is 10.6 Å². The van der Waals surface area contributed by atoms with Gasteiger partial charge >= 0.3 is 0 Å². The first-order valence-electron chi connectivity index (χ1n) is 8.44. The first-order chi connectivity index (χ1) is 9.94. The van der Waals surface area contributed by atoms with Crippen LogP contribution in [0.3, 0.4) is 0 Å². The zero-order chi connectivity index (χ0) is 15.7. The van der Waals surface area contributed by atoms with Crippen molar-refractivity contribution in [1.82, 2.24) is 10.6 Å². The lowest BCUT2D eigenvalue weighted by atomic mass is 9.85. The van der Waals surface area contributed by atoms with Gasteiger partial charge in [0.15, 0.2) is 0 Å². The Balaban J connectivity index is 2.35. The van der Waals surface area contributed by atoms with Crippen LogP contribution in [0.5, 0.6) is 0 Å². The van der Waals surface area contributed by atoms with Gasteiger partial charge in [0, 0.05) is 12.1 Å². The molecule has 0 aliphatic carbocycles. The van der Waals surface area contributed by atoms with E-state index in [1.165, 1.54) is 18.4 Å². The van der Waals surface area contributed by atoms with Crippen LogP contribution < -0.4 is 10.6 Å². The second-order valence-electron chi connectivity index (χ2n) is 7.14. The maximum absolute atomic E-state index is 3.65. The molecule has 1 aromatic carbocycles. The van der Waals surface area contributed by atoms with E-state index in [1.54, 1.807) is 0 Å². The van der Waals surface area contributed by atoms with E-state index in [0.29, 0.717) is 11.8 Å². The average molecular weight is 290 g/mol.